The third-order valence-corrected chi connectivity index (χ3v) is 7.53. The summed E-state index contributed by atoms with van der Waals surface area (Å²) in [6, 6.07) is 14.8. The second-order valence-electron chi connectivity index (χ2n) is 9.67. The second-order valence-corrected chi connectivity index (χ2v) is 10.1. The van der Waals surface area contributed by atoms with E-state index in [1.807, 2.05) is 47.9 Å². The number of fused-ring (bicyclic) bond motifs is 1. The third-order valence-electron chi connectivity index (χ3n) is 7.20. The average Bonchev–Trinajstić information content (AvgIpc) is 3.37. The number of imidazole rings is 1. The van der Waals surface area contributed by atoms with E-state index in [9.17, 15) is 9.59 Å². The molecule has 0 spiro atoms. The number of likely N-dealkylation sites (N-methyl/N-ethyl adjacent to an activating group) is 1. The molecule has 41 heavy (non-hydrogen) atoms. The first kappa shape index (κ1) is 28.3. The maximum atomic E-state index is 12.3. The van der Waals surface area contributed by atoms with E-state index >= 15 is 0 Å². The summed E-state index contributed by atoms with van der Waals surface area (Å²) in [7, 11) is 0. The first-order valence-corrected chi connectivity index (χ1v) is 13.9. The fourth-order valence-electron chi connectivity index (χ4n) is 5.16. The summed E-state index contributed by atoms with van der Waals surface area (Å²) in [6.07, 6.45) is 2.61. The van der Waals surface area contributed by atoms with E-state index in [-0.39, 0.29) is 12.5 Å². The first-order chi connectivity index (χ1) is 19.9. The van der Waals surface area contributed by atoms with Crippen molar-refractivity contribution in [1.29, 1.82) is 0 Å². The Kier molecular flexibility index (Phi) is 8.36. The number of aromatic nitrogens is 4. The van der Waals surface area contributed by atoms with Crippen LogP contribution in [0.25, 0.3) is 28.2 Å². The Morgan fingerprint density at radius 3 is 2.46 bits per heavy atom. The molecule has 3 N–H and O–H groups in total. The van der Waals surface area contributed by atoms with E-state index in [4.69, 9.17) is 31.8 Å². The zero-order chi connectivity index (χ0) is 29.0. The van der Waals surface area contributed by atoms with Gasteiger partial charge in [0.25, 0.3) is 0 Å². The number of halogens is 1. The van der Waals surface area contributed by atoms with Crippen molar-refractivity contribution in [1.82, 2.24) is 24.8 Å². The lowest BCUT2D eigenvalue weighted by atomic mass is 9.86. The number of piperidine rings is 1. The highest BCUT2D eigenvalue weighted by molar-refractivity contribution is 6.33. The number of hydrogen-bond acceptors (Lipinski definition) is 9. The lowest BCUT2D eigenvalue weighted by Gasteiger charge is -2.40. The summed E-state index contributed by atoms with van der Waals surface area (Å²) < 4.78 is 12.4. The molecule has 0 aliphatic carbocycles. The third kappa shape index (κ3) is 5.68. The Balaban J connectivity index is 1.54. The van der Waals surface area contributed by atoms with E-state index in [2.05, 4.69) is 20.2 Å². The van der Waals surface area contributed by atoms with Crippen LogP contribution in [0.3, 0.4) is 0 Å². The number of amides is 1. The maximum absolute atomic E-state index is 12.3. The zero-order valence-electron chi connectivity index (χ0n) is 23.0. The Labute approximate surface area is 242 Å². The molecule has 0 saturated carbocycles. The Hall–Kier alpha value is -4.22. The van der Waals surface area contributed by atoms with Crippen molar-refractivity contribution in [3.05, 3.63) is 59.9 Å². The minimum Gasteiger partial charge on any atom is -0.482 e. The van der Waals surface area contributed by atoms with Crippen LogP contribution in [0.4, 0.5) is 5.82 Å². The summed E-state index contributed by atoms with van der Waals surface area (Å²) in [5.74, 6) is 1.02. The summed E-state index contributed by atoms with van der Waals surface area (Å²) in [6.45, 7) is 5.63. The van der Waals surface area contributed by atoms with Gasteiger partial charge in [0.05, 0.1) is 11.6 Å². The molecule has 0 unspecified atom stereocenters. The number of carbonyl (C=O) groups is 2. The molecule has 1 amide bonds. The number of nitrogens with zero attached hydrogens (tertiary/aromatic N) is 5. The van der Waals surface area contributed by atoms with E-state index in [0.717, 1.165) is 11.3 Å². The Morgan fingerprint density at radius 1 is 1.07 bits per heavy atom. The maximum Gasteiger partial charge on any atom is 0.344 e. The van der Waals surface area contributed by atoms with E-state index < -0.39 is 11.5 Å². The van der Waals surface area contributed by atoms with Crippen molar-refractivity contribution < 1.29 is 19.1 Å². The van der Waals surface area contributed by atoms with Crippen molar-refractivity contribution in [3.63, 3.8) is 0 Å². The molecule has 2 aromatic heterocycles. The monoisotopic (exact) mass is 577 g/mol. The average molecular weight is 578 g/mol. The van der Waals surface area contributed by atoms with Crippen molar-refractivity contribution in [2.24, 2.45) is 5.73 Å². The fraction of sp³-hybridized carbons (Fsp3) is 0.345. The van der Waals surface area contributed by atoms with Crippen LogP contribution >= 0.6 is 11.6 Å². The number of nitrogens with one attached hydrogen (secondary N) is 1. The van der Waals surface area contributed by atoms with Gasteiger partial charge >= 0.3 is 5.97 Å². The van der Waals surface area contributed by atoms with Gasteiger partial charge in [-0.05, 0) is 62.7 Å². The highest BCUT2D eigenvalue weighted by Crippen LogP contribution is 2.36. The topological polar surface area (TPSA) is 137 Å². The number of primary amides is 1. The molecule has 1 aliphatic heterocycles. The molecule has 1 aliphatic rings. The SMILES string of the molecule is CCNC1(C(N)=O)CCN(c2ncnc3c2nc(-c2ccccc2Cl)n3-c2ccc(OCC(=O)OCC)cc2)CC1. The molecule has 0 bridgehead atoms. The van der Waals surface area contributed by atoms with Crippen LogP contribution < -0.4 is 20.7 Å². The Bertz CT molecular complexity index is 1550. The van der Waals surface area contributed by atoms with Crippen molar-refractivity contribution in [2.45, 2.75) is 32.2 Å². The van der Waals surface area contributed by atoms with Gasteiger partial charge < -0.3 is 25.4 Å². The quantitative estimate of drug-likeness (QED) is 0.271. The summed E-state index contributed by atoms with van der Waals surface area (Å²) in [5.41, 5.74) is 7.76. The van der Waals surface area contributed by atoms with Gasteiger partial charge in [0.2, 0.25) is 5.91 Å². The van der Waals surface area contributed by atoms with Crippen molar-refractivity contribution >= 4 is 40.5 Å². The largest absolute Gasteiger partial charge is 0.482 e. The van der Waals surface area contributed by atoms with Gasteiger partial charge in [0.15, 0.2) is 23.6 Å². The smallest absolute Gasteiger partial charge is 0.344 e. The Morgan fingerprint density at radius 2 is 1.80 bits per heavy atom. The van der Waals surface area contributed by atoms with E-state index in [1.165, 1.54) is 6.33 Å². The van der Waals surface area contributed by atoms with Gasteiger partial charge in [-0.1, -0.05) is 30.7 Å². The fourth-order valence-corrected chi connectivity index (χ4v) is 5.39. The van der Waals surface area contributed by atoms with Gasteiger partial charge in [-0.25, -0.2) is 19.7 Å². The number of anilines is 1. The lowest BCUT2D eigenvalue weighted by molar-refractivity contribution is -0.145. The molecule has 4 aromatic rings. The second kappa shape index (κ2) is 12.1. The molecular formula is C29H32ClN7O4. The standard InChI is InChI=1S/C29H32ClN7O4/c1-3-34-29(28(31)39)13-15-36(16-14-29)26-24-27(33-18-32-26)37(25(35-24)21-7-5-6-8-22(21)30)19-9-11-20(12-10-19)41-17-23(38)40-4-2/h5-12,18,34H,3-4,13-17H2,1-2H3,(H2,31,39). The number of rotatable bonds is 10. The minimum absolute atomic E-state index is 0.177. The van der Waals surface area contributed by atoms with Crippen LogP contribution in [-0.4, -0.2) is 69.8 Å². The molecule has 0 radical (unpaired) electrons. The number of hydrogen-bond donors (Lipinski definition) is 2. The molecule has 2 aromatic carbocycles. The van der Waals surface area contributed by atoms with Gasteiger partial charge in [0, 0.05) is 24.3 Å². The van der Waals surface area contributed by atoms with Crippen molar-refractivity contribution in [3.8, 4) is 22.8 Å². The lowest BCUT2D eigenvalue weighted by Crippen LogP contribution is -2.61. The first-order valence-electron chi connectivity index (χ1n) is 13.5. The predicted molar refractivity (Wildman–Crippen MR) is 156 cm³/mol. The highest BCUT2D eigenvalue weighted by atomic mass is 35.5. The molecule has 1 fully saturated rings. The number of nitrogens with two attached hydrogens (primary N) is 1. The van der Waals surface area contributed by atoms with Crippen LogP contribution in [0.15, 0.2) is 54.9 Å². The van der Waals surface area contributed by atoms with Crippen LogP contribution in [0, 0.1) is 0 Å². The molecular weight excluding hydrogens is 546 g/mol. The number of benzene rings is 2. The number of carbonyl (C=O) groups excluding carboxylic acids is 2. The van der Waals surface area contributed by atoms with Crippen LogP contribution in [0.5, 0.6) is 5.75 Å². The molecule has 12 heteroatoms. The number of esters is 1. The molecule has 5 rings (SSSR count). The summed E-state index contributed by atoms with van der Waals surface area (Å²) in [4.78, 5) is 40.4. The van der Waals surface area contributed by atoms with E-state index in [1.54, 1.807) is 19.1 Å². The summed E-state index contributed by atoms with van der Waals surface area (Å²) in [5, 5.41) is 3.83. The molecule has 11 nitrogen and oxygen atoms in total. The minimum atomic E-state index is -0.740. The summed E-state index contributed by atoms with van der Waals surface area (Å²) >= 11 is 6.63. The van der Waals surface area contributed by atoms with Crippen LogP contribution in [-0.2, 0) is 14.3 Å². The van der Waals surface area contributed by atoms with Gasteiger partial charge in [-0.15, -0.1) is 0 Å². The predicted octanol–water partition coefficient (Wildman–Crippen LogP) is 3.51. The van der Waals surface area contributed by atoms with Gasteiger partial charge in [-0.2, -0.15) is 0 Å². The van der Waals surface area contributed by atoms with Crippen LogP contribution in [0.2, 0.25) is 5.02 Å². The van der Waals surface area contributed by atoms with Gasteiger partial charge in [-0.3, -0.25) is 9.36 Å². The molecule has 3 heterocycles. The molecule has 0 atom stereocenters. The molecule has 1 saturated heterocycles. The highest BCUT2D eigenvalue weighted by Gasteiger charge is 2.40. The van der Waals surface area contributed by atoms with Gasteiger partial charge in [0.1, 0.15) is 23.4 Å². The van der Waals surface area contributed by atoms with E-state index in [0.29, 0.717) is 72.7 Å². The normalized spacial score (nSPS) is 14.7. The van der Waals surface area contributed by atoms with Crippen molar-refractivity contribution in [2.75, 3.05) is 37.7 Å². The number of ether oxygens (including phenoxy) is 2. The van der Waals surface area contributed by atoms with Crippen LogP contribution in [0.1, 0.15) is 26.7 Å². The zero-order valence-corrected chi connectivity index (χ0v) is 23.7. The molecule has 214 valence electrons.